The predicted octanol–water partition coefficient (Wildman–Crippen LogP) is 4.20. The molecule has 0 atom stereocenters. The zero-order valence-corrected chi connectivity index (χ0v) is 20.1. The van der Waals surface area contributed by atoms with Crippen LogP contribution in [0.15, 0.2) is 71.6 Å². The number of benzene rings is 3. The number of aryl methyl sites for hydroxylation is 2. The lowest BCUT2D eigenvalue weighted by Crippen LogP contribution is -2.28. The van der Waals surface area contributed by atoms with Crippen molar-refractivity contribution in [3.05, 3.63) is 83.4 Å². The van der Waals surface area contributed by atoms with Gasteiger partial charge < -0.3 is 9.80 Å². The summed E-state index contributed by atoms with van der Waals surface area (Å²) in [6.07, 6.45) is 3.34. The van der Waals surface area contributed by atoms with E-state index in [0.717, 1.165) is 24.1 Å². The second kappa shape index (κ2) is 9.24. The van der Waals surface area contributed by atoms with Crippen LogP contribution in [-0.2, 0) is 34.1 Å². The van der Waals surface area contributed by atoms with Gasteiger partial charge in [-0.2, -0.15) is 0 Å². The fraction of sp³-hybridized carbons (Fsp3) is 0.296. The molecular formula is C27H29N3O3S. The number of rotatable bonds is 6. The van der Waals surface area contributed by atoms with E-state index in [-0.39, 0.29) is 10.8 Å². The molecule has 34 heavy (non-hydrogen) atoms. The summed E-state index contributed by atoms with van der Waals surface area (Å²) in [5, 5.41) is 0. The zero-order chi connectivity index (χ0) is 23.7. The SMILES string of the molecule is CC(=O)N1CCc2cc(S(=O)(=O)NCCCN3c4ccccc4CCc4ccccc43)ccc21. The highest BCUT2D eigenvalue weighted by Crippen LogP contribution is 2.36. The van der Waals surface area contributed by atoms with Crippen LogP contribution in [0.1, 0.15) is 30.0 Å². The molecule has 0 saturated carbocycles. The number of para-hydroxylation sites is 2. The van der Waals surface area contributed by atoms with Gasteiger partial charge in [-0.15, -0.1) is 0 Å². The molecule has 0 saturated heterocycles. The lowest BCUT2D eigenvalue weighted by atomic mass is 10.0. The molecule has 1 amide bonds. The average molecular weight is 476 g/mol. The molecule has 0 bridgehead atoms. The molecule has 2 aliphatic rings. The van der Waals surface area contributed by atoms with Gasteiger partial charge >= 0.3 is 0 Å². The van der Waals surface area contributed by atoms with E-state index in [1.165, 1.54) is 29.4 Å². The van der Waals surface area contributed by atoms with Gasteiger partial charge in [0.2, 0.25) is 15.9 Å². The first kappa shape index (κ1) is 22.6. The summed E-state index contributed by atoms with van der Waals surface area (Å²) in [4.78, 5) is 16.0. The largest absolute Gasteiger partial charge is 0.341 e. The van der Waals surface area contributed by atoms with Crippen molar-refractivity contribution in [2.75, 3.05) is 29.4 Å². The van der Waals surface area contributed by atoms with Crippen molar-refractivity contribution in [2.45, 2.75) is 37.5 Å². The van der Waals surface area contributed by atoms with Crippen LogP contribution in [0, 0.1) is 0 Å². The van der Waals surface area contributed by atoms with Crippen LogP contribution >= 0.6 is 0 Å². The molecule has 2 aliphatic heterocycles. The molecule has 0 radical (unpaired) electrons. The first-order chi connectivity index (χ1) is 16.4. The fourth-order valence-electron chi connectivity index (χ4n) is 5.01. The Morgan fingerprint density at radius 3 is 2.15 bits per heavy atom. The third-order valence-corrected chi connectivity index (χ3v) is 8.17. The Hall–Kier alpha value is -3.16. The Labute approximate surface area is 201 Å². The molecule has 3 aromatic rings. The van der Waals surface area contributed by atoms with E-state index in [2.05, 4.69) is 58.2 Å². The van der Waals surface area contributed by atoms with Gasteiger partial charge in [0.1, 0.15) is 0 Å². The summed E-state index contributed by atoms with van der Waals surface area (Å²) in [5.41, 5.74) is 6.74. The molecule has 0 aliphatic carbocycles. The van der Waals surface area contributed by atoms with Gasteiger partial charge in [0.15, 0.2) is 0 Å². The van der Waals surface area contributed by atoms with Crippen LogP contribution < -0.4 is 14.5 Å². The molecule has 7 heteroatoms. The number of amides is 1. The summed E-state index contributed by atoms with van der Waals surface area (Å²) < 4.78 is 28.7. The number of nitrogens with zero attached hydrogens (tertiary/aromatic N) is 2. The minimum Gasteiger partial charge on any atom is -0.341 e. The highest BCUT2D eigenvalue weighted by molar-refractivity contribution is 7.89. The van der Waals surface area contributed by atoms with Crippen molar-refractivity contribution in [1.29, 1.82) is 0 Å². The van der Waals surface area contributed by atoms with Crippen molar-refractivity contribution < 1.29 is 13.2 Å². The second-order valence-corrected chi connectivity index (χ2v) is 10.6. The van der Waals surface area contributed by atoms with E-state index in [1.807, 2.05) is 0 Å². The first-order valence-corrected chi connectivity index (χ1v) is 13.3. The second-order valence-electron chi connectivity index (χ2n) is 8.87. The van der Waals surface area contributed by atoms with Crippen molar-refractivity contribution in [3.8, 4) is 0 Å². The Kier molecular flexibility index (Phi) is 6.15. The number of nitrogens with one attached hydrogen (secondary N) is 1. The fourth-order valence-corrected chi connectivity index (χ4v) is 6.13. The monoisotopic (exact) mass is 475 g/mol. The molecule has 0 spiro atoms. The summed E-state index contributed by atoms with van der Waals surface area (Å²) in [6, 6.07) is 22.0. The van der Waals surface area contributed by atoms with Gasteiger partial charge in [-0.05, 0) is 72.7 Å². The topological polar surface area (TPSA) is 69.7 Å². The van der Waals surface area contributed by atoms with Crippen molar-refractivity contribution >= 4 is 33.0 Å². The standard InChI is InChI=1S/C27H29N3O3S/c1-20(31)29-18-15-23-19-24(13-14-27(23)29)34(32,33)28-16-6-17-30-25-9-4-2-7-21(25)11-12-22-8-3-5-10-26(22)30/h2-5,7-10,13-14,19,28H,6,11-12,15-18H2,1H3. The van der Waals surface area contributed by atoms with E-state index in [0.29, 0.717) is 32.5 Å². The minimum absolute atomic E-state index is 0.0239. The molecule has 0 fully saturated rings. The molecule has 176 valence electrons. The maximum absolute atomic E-state index is 12.9. The summed E-state index contributed by atoms with van der Waals surface area (Å²) >= 11 is 0. The first-order valence-electron chi connectivity index (χ1n) is 11.8. The average Bonchev–Trinajstić information content (AvgIpc) is 3.20. The van der Waals surface area contributed by atoms with Gasteiger partial charge in [-0.1, -0.05) is 36.4 Å². The lowest BCUT2D eigenvalue weighted by molar-refractivity contribution is -0.116. The smallest absolute Gasteiger partial charge is 0.240 e. The van der Waals surface area contributed by atoms with Crippen LogP contribution in [0.3, 0.4) is 0 Å². The highest BCUT2D eigenvalue weighted by atomic mass is 32.2. The third-order valence-electron chi connectivity index (χ3n) is 6.72. The zero-order valence-electron chi connectivity index (χ0n) is 19.3. The van der Waals surface area contributed by atoms with Gasteiger partial charge in [-0.3, -0.25) is 4.79 Å². The minimum atomic E-state index is -3.62. The van der Waals surface area contributed by atoms with Crippen molar-refractivity contribution in [1.82, 2.24) is 4.72 Å². The van der Waals surface area contributed by atoms with Crippen LogP contribution in [0.5, 0.6) is 0 Å². The number of sulfonamides is 1. The Balaban J connectivity index is 1.28. The van der Waals surface area contributed by atoms with E-state index < -0.39 is 10.0 Å². The van der Waals surface area contributed by atoms with Crippen LogP contribution in [-0.4, -0.2) is 34.0 Å². The van der Waals surface area contributed by atoms with Crippen LogP contribution in [0.4, 0.5) is 17.1 Å². The van der Waals surface area contributed by atoms with Crippen molar-refractivity contribution in [2.24, 2.45) is 0 Å². The van der Waals surface area contributed by atoms with Gasteiger partial charge in [0.05, 0.1) is 4.90 Å². The normalized spacial score (nSPS) is 14.9. The molecule has 1 N–H and O–H groups in total. The summed E-state index contributed by atoms with van der Waals surface area (Å²) in [5.74, 6) is -0.0239. The maximum Gasteiger partial charge on any atom is 0.240 e. The van der Waals surface area contributed by atoms with Crippen LogP contribution in [0.25, 0.3) is 0 Å². The molecule has 0 aromatic heterocycles. The Bertz CT molecular complexity index is 1290. The number of carbonyl (C=O) groups excluding carboxylic acids is 1. The van der Waals surface area contributed by atoms with E-state index in [9.17, 15) is 13.2 Å². The predicted molar refractivity (Wildman–Crippen MR) is 135 cm³/mol. The number of carbonyl (C=O) groups is 1. The molecule has 5 rings (SSSR count). The van der Waals surface area contributed by atoms with Gasteiger partial charge in [0, 0.05) is 43.6 Å². The van der Waals surface area contributed by atoms with E-state index in [4.69, 9.17) is 0 Å². The Morgan fingerprint density at radius 2 is 1.50 bits per heavy atom. The van der Waals surface area contributed by atoms with Crippen molar-refractivity contribution in [3.63, 3.8) is 0 Å². The molecule has 3 aromatic carbocycles. The third kappa shape index (κ3) is 4.33. The molecular weight excluding hydrogens is 446 g/mol. The Morgan fingerprint density at radius 1 is 0.853 bits per heavy atom. The number of anilines is 3. The lowest BCUT2D eigenvalue weighted by Gasteiger charge is -2.27. The van der Waals surface area contributed by atoms with Gasteiger partial charge in [0.25, 0.3) is 0 Å². The number of fused-ring (bicyclic) bond motifs is 3. The molecule has 0 unspecified atom stereocenters. The molecule has 2 heterocycles. The quantitative estimate of drug-likeness (QED) is 0.543. The molecule has 6 nitrogen and oxygen atoms in total. The maximum atomic E-state index is 12.9. The number of hydrogen-bond donors (Lipinski definition) is 1. The summed E-state index contributed by atoms with van der Waals surface area (Å²) in [7, 11) is -3.62. The van der Waals surface area contributed by atoms with Gasteiger partial charge in [-0.25, -0.2) is 13.1 Å². The van der Waals surface area contributed by atoms with E-state index in [1.54, 1.807) is 23.1 Å². The van der Waals surface area contributed by atoms with E-state index >= 15 is 0 Å². The van der Waals surface area contributed by atoms with Crippen LogP contribution in [0.2, 0.25) is 0 Å². The summed E-state index contributed by atoms with van der Waals surface area (Å²) in [6.45, 7) is 3.19. The highest BCUT2D eigenvalue weighted by Gasteiger charge is 2.25. The number of hydrogen-bond acceptors (Lipinski definition) is 4.